The van der Waals surface area contributed by atoms with Gasteiger partial charge in [0, 0.05) is 0 Å². The number of benzene rings is 2. The zero-order chi connectivity index (χ0) is 10.5. The molecule has 1 heteroatoms. The molecule has 0 saturated heterocycles. The van der Waals surface area contributed by atoms with Gasteiger partial charge >= 0.3 is 98.0 Å². The quantitative estimate of drug-likeness (QED) is 0.494. The standard InChI is InChI=1S/C14H9Se/c15-14-10-8-13(9-11-14)7-6-12-4-2-1-3-5-12/h2-5,8-11,15H. The van der Waals surface area contributed by atoms with E-state index < -0.39 is 0 Å². The molecule has 2 rings (SSSR count). The maximum absolute atomic E-state index is 3.12. The second-order valence-corrected chi connectivity index (χ2v) is 4.17. The second-order valence-electron chi connectivity index (χ2n) is 3.09. The molecule has 1 radical (unpaired) electrons. The van der Waals surface area contributed by atoms with E-state index in [2.05, 4.69) is 33.9 Å². The summed E-state index contributed by atoms with van der Waals surface area (Å²) >= 11 is 2.51. The molecule has 0 fully saturated rings. The summed E-state index contributed by atoms with van der Waals surface area (Å²) in [6.07, 6.45) is 0. The van der Waals surface area contributed by atoms with E-state index in [1.807, 2.05) is 48.5 Å². The van der Waals surface area contributed by atoms with Gasteiger partial charge in [0.25, 0.3) is 0 Å². The molecule has 0 atom stereocenters. The molecule has 0 bridgehead atoms. The Hall–Kier alpha value is -1.48. The van der Waals surface area contributed by atoms with Crippen LogP contribution in [0.5, 0.6) is 0 Å². The van der Waals surface area contributed by atoms with Crippen LogP contribution in [0, 0.1) is 17.9 Å². The van der Waals surface area contributed by atoms with E-state index in [1.165, 1.54) is 4.46 Å². The van der Waals surface area contributed by atoms with Gasteiger partial charge in [-0.25, -0.2) is 0 Å². The fourth-order valence-corrected chi connectivity index (χ4v) is 1.47. The number of rotatable bonds is 0. The van der Waals surface area contributed by atoms with Crippen LogP contribution in [-0.4, -0.2) is 16.0 Å². The van der Waals surface area contributed by atoms with Gasteiger partial charge in [-0.15, -0.1) is 0 Å². The Balaban J connectivity index is 2.22. The summed E-state index contributed by atoms with van der Waals surface area (Å²) in [5, 5.41) is 0. The van der Waals surface area contributed by atoms with Crippen LogP contribution in [0.4, 0.5) is 0 Å². The Labute approximate surface area is 98.2 Å². The van der Waals surface area contributed by atoms with Gasteiger partial charge in [-0.1, -0.05) is 0 Å². The zero-order valence-electron chi connectivity index (χ0n) is 8.07. The van der Waals surface area contributed by atoms with Crippen molar-refractivity contribution in [2.75, 3.05) is 0 Å². The molecule has 0 heterocycles. The van der Waals surface area contributed by atoms with Crippen molar-refractivity contribution in [3.8, 4) is 11.8 Å². The van der Waals surface area contributed by atoms with Gasteiger partial charge in [0.1, 0.15) is 0 Å². The molecular formula is C14H9Se. The van der Waals surface area contributed by atoms with E-state index in [9.17, 15) is 0 Å². The van der Waals surface area contributed by atoms with Gasteiger partial charge in [-0.3, -0.25) is 0 Å². The first-order valence-corrected chi connectivity index (χ1v) is 5.55. The van der Waals surface area contributed by atoms with Crippen LogP contribution in [0.1, 0.15) is 11.1 Å². The average Bonchev–Trinajstić information content (AvgIpc) is 2.30. The summed E-state index contributed by atoms with van der Waals surface area (Å²) in [6.45, 7) is 0. The van der Waals surface area contributed by atoms with Crippen molar-refractivity contribution in [2.24, 2.45) is 0 Å². The molecule has 0 aliphatic carbocycles. The van der Waals surface area contributed by atoms with E-state index in [1.54, 1.807) is 0 Å². The topological polar surface area (TPSA) is 0 Å². The molecule has 71 valence electrons. The Kier molecular flexibility index (Phi) is 3.25. The van der Waals surface area contributed by atoms with Crippen molar-refractivity contribution in [1.82, 2.24) is 0 Å². The van der Waals surface area contributed by atoms with Gasteiger partial charge in [-0.05, 0) is 0 Å². The third-order valence-electron chi connectivity index (χ3n) is 1.94. The van der Waals surface area contributed by atoms with E-state index in [0.717, 1.165) is 11.1 Å². The maximum atomic E-state index is 3.12. The Morgan fingerprint density at radius 2 is 1.33 bits per heavy atom. The molecule has 2 aromatic rings. The van der Waals surface area contributed by atoms with Crippen LogP contribution in [-0.2, 0) is 0 Å². The van der Waals surface area contributed by atoms with Crippen molar-refractivity contribution in [3.05, 3.63) is 65.7 Å². The average molecular weight is 256 g/mol. The Bertz CT molecular complexity index is 486. The van der Waals surface area contributed by atoms with Crippen molar-refractivity contribution < 1.29 is 0 Å². The molecule has 0 spiro atoms. The van der Waals surface area contributed by atoms with Crippen LogP contribution in [0.15, 0.2) is 48.5 Å². The van der Waals surface area contributed by atoms with Crippen LogP contribution < -0.4 is 4.46 Å². The van der Waals surface area contributed by atoms with Gasteiger partial charge in [0.15, 0.2) is 0 Å². The predicted molar refractivity (Wildman–Crippen MR) is 64.5 cm³/mol. The normalized spacial score (nSPS) is 9.13. The van der Waals surface area contributed by atoms with Gasteiger partial charge in [0.05, 0.1) is 0 Å². The van der Waals surface area contributed by atoms with Gasteiger partial charge in [-0.2, -0.15) is 0 Å². The summed E-state index contributed by atoms with van der Waals surface area (Å²) in [5.74, 6) is 6.22. The monoisotopic (exact) mass is 257 g/mol. The molecular weight excluding hydrogens is 247 g/mol. The van der Waals surface area contributed by atoms with E-state index in [0.29, 0.717) is 0 Å². The van der Waals surface area contributed by atoms with Crippen LogP contribution in [0.3, 0.4) is 0 Å². The molecule has 0 N–H and O–H groups in total. The molecule has 0 aliphatic rings. The van der Waals surface area contributed by atoms with E-state index >= 15 is 0 Å². The molecule has 0 nitrogen and oxygen atoms in total. The first-order valence-electron chi connectivity index (χ1n) is 4.62. The minimum atomic E-state index is 1.02. The summed E-state index contributed by atoms with van der Waals surface area (Å²) in [7, 11) is 0. The number of hydrogen-bond acceptors (Lipinski definition) is 0. The second kappa shape index (κ2) is 4.84. The third kappa shape index (κ3) is 2.99. The van der Waals surface area contributed by atoms with Gasteiger partial charge in [0.2, 0.25) is 0 Å². The summed E-state index contributed by atoms with van der Waals surface area (Å²) in [6, 6.07) is 18.8. The van der Waals surface area contributed by atoms with Crippen LogP contribution in [0.25, 0.3) is 0 Å². The van der Waals surface area contributed by atoms with Crippen molar-refractivity contribution in [2.45, 2.75) is 0 Å². The molecule has 15 heavy (non-hydrogen) atoms. The molecule has 0 amide bonds. The SMILES string of the molecule is [SeH]c1ccc(C#Cc2cc[c]cc2)cc1. The first kappa shape index (κ1) is 10.1. The van der Waals surface area contributed by atoms with Crippen LogP contribution in [0.2, 0.25) is 0 Å². The van der Waals surface area contributed by atoms with Crippen LogP contribution >= 0.6 is 0 Å². The summed E-state index contributed by atoms with van der Waals surface area (Å²) in [4.78, 5) is 0. The Morgan fingerprint density at radius 3 is 1.93 bits per heavy atom. The fourth-order valence-electron chi connectivity index (χ4n) is 1.16. The third-order valence-corrected chi connectivity index (χ3v) is 2.56. The Morgan fingerprint density at radius 1 is 0.800 bits per heavy atom. The molecule has 2 aromatic carbocycles. The molecule has 0 aliphatic heterocycles. The molecule has 0 unspecified atom stereocenters. The number of hydrogen-bond donors (Lipinski definition) is 0. The van der Waals surface area contributed by atoms with Crippen molar-refractivity contribution >= 4 is 20.5 Å². The van der Waals surface area contributed by atoms with Crippen molar-refractivity contribution in [1.29, 1.82) is 0 Å². The first-order chi connectivity index (χ1) is 7.34. The minimum absolute atomic E-state index is 1.02. The van der Waals surface area contributed by atoms with E-state index in [4.69, 9.17) is 0 Å². The molecule has 0 aromatic heterocycles. The predicted octanol–water partition coefficient (Wildman–Crippen LogP) is 1.41. The zero-order valence-corrected chi connectivity index (χ0v) is 9.94. The van der Waals surface area contributed by atoms with E-state index in [-0.39, 0.29) is 0 Å². The fraction of sp³-hybridized carbons (Fsp3) is 0. The summed E-state index contributed by atoms with van der Waals surface area (Å²) in [5.41, 5.74) is 2.06. The molecule has 0 saturated carbocycles. The van der Waals surface area contributed by atoms with Gasteiger partial charge < -0.3 is 0 Å². The summed E-state index contributed by atoms with van der Waals surface area (Å²) < 4.78 is 1.20. The van der Waals surface area contributed by atoms with Crippen molar-refractivity contribution in [3.63, 3.8) is 0 Å².